The Bertz CT molecular complexity index is 937. The first-order chi connectivity index (χ1) is 14.5. The molecule has 1 aliphatic rings. The average molecular weight is 432 g/mol. The van der Waals surface area contributed by atoms with Crippen LogP contribution in [0.3, 0.4) is 0 Å². The number of amides is 1. The number of aliphatic hydroxyl groups is 1. The number of hydrogen-bond acceptors (Lipinski definition) is 7. The summed E-state index contributed by atoms with van der Waals surface area (Å²) < 4.78 is 16.3. The molecule has 7 nitrogen and oxygen atoms in total. The predicted molar refractivity (Wildman–Crippen MR) is 114 cm³/mol. The lowest BCUT2D eigenvalue weighted by atomic mass is 9.99. The minimum atomic E-state index is -0.724. The van der Waals surface area contributed by atoms with Crippen LogP contribution < -0.4 is 9.47 Å². The minimum absolute atomic E-state index is 0.0451. The Kier molecular flexibility index (Phi) is 7.12. The van der Waals surface area contributed by atoms with Crippen LogP contribution in [0.25, 0.3) is 5.76 Å². The van der Waals surface area contributed by atoms with Crippen molar-refractivity contribution in [3.8, 4) is 11.5 Å². The van der Waals surface area contributed by atoms with Gasteiger partial charge in [-0.2, -0.15) is 0 Å². The number of carbonyl (C=O) groups excluding carboxylic acids is 2. The van der Waals surface area contributed by atoms with Gasteiger partial charge in [-0.1, -0.05) is 6.07 Å². The molecule has 1 aromatic carbocycles. The number of nitrogens with zero attached hydrogens (tertiary/aromatic N) is 1. The van der Waals surface area contributed by atoms with Gasteiger partial charge in [0.2, 0.25) is 0 Å². The number of carbonyl (C=O) groups is 2. The average Bonchev–Trinajstić information content (AvgIpc) is 3.34. The topological polar surface area (TPSA) is 85.3 Å². The van der Waals surface area contributed by atoms with E-state index in [-0.39, 0.29) is 24.5 Å². The van der Waals surface area contributed by atoms with Crippen LogP contribution in [0.1, 0.15) is 30.3 Å². The largest absolute Gasteiger partial charge is 0.507 e. The van der Waals surface area contributed by atoms with Gasteiger partial charge < -0.3 is 24.2 Å². The number of hydrogen-bond donors (Lipinski definition) is 1. The fraction of sp³-hybridized carbons (Fsp3) is 0.364. The lowest BCUT2D eigenvalue weighted by Gasteiger charge is -2.23. The number of Topliss-reactive ketones (excluding diaryl/α,β-unsaturated/α-hetero) is 1. The molecule has 1 unspecified atom stereocenters. The molecule has 2 heterocycles. The van der Waals surface area contributed by atoms with Gasteiger partial charge in [0.1, 0.15) is 17.3 Å². The van der Waals surface area contributed by atoms with Crippen molar-refractivity contribution in [2.75, 3.05) is 33.5 Å². The fourth-order valence-corrected chi connectivity index (χ4v) is 4.26. The summed E-state index contributed by atoms with van der Waals surface area (Å²) in [6, 6.07) is 8.01. The Morgan fingerprint density at radius 1 is 1.17 bits per heavy atom. The number of rotatable bonds is 9. The highest BCUT2D eigenvalue weighted by Gasteiger charge is 2.46. The van der Waals surface area contributed by atoms with Crippen LogP contribution in [0.15, 0.2) is 41.3 Å². The van der Waals surface area contributed by atoms with Crippen molar-refractivity contribution in [1.29, 1.82) is 0 Å². The zero-order valence-corrected chi connectivity index (χ0v) is 18.0. The van der Waals surface area contributed by atoms with E-state index >= 15 is 0 Å². The molecule has 3 rings (SSSR count). The molecule has 1 atom stereocenters. The Hall–Kier alpha value is -2.84. The van der Waals surface area contributed by atoms with E-state index in [2.05, 4.69) is 0 Å². The zero-order valence-electron chi connectivity index (χ0n) is 17.2. The van der Waals surface area contributed by atoms with Gasteiger partial charge in [0, 0.05) is 24.6 Å². The van der Waals surface area contributed by atoms with E-state index < -0.39 is 17.7 Å². The normalized spacial score (nSPS) is 18.1. The van der Waals surface area contributed by atoms with Crippen LogP contribution in [-0.4, -0.2) is 55.2 Å². The molecule has 2 aromatic rings. The van der Waals surface area contributed by atoms with E-state index in [0.717, 1.165) is 4.88 Å². The molecular formula is C22H25NO6S. The molecule has 1 fully saturated rings. The summed E-state index contributed by atoms with van der Waals surface area (Å²) in [6.45, 7) is 5.07. The number of thiophene rings is 1. The second-order valence-corrected chi connectivity index (χ2v) is 7.50. The Morgan fingerprint density at radius 2 is 1.93 bits per heavy atom. The van der Waals surface area contributed by atoms with Crippen LogP contribution in [0.4, 0.5) is 0 Å². The molecular weight excluding hydrogens is 406 g/mol. The molecule has 0 bridgehead atoms. The second-order valence-electron chi connectivity index (χ2n) is 6.52. The predicted octanol–water partition coefficient (Wildman–Crippen LogP) is 3.61. The standard InChI is InChI=1S/C22H25NO6S/c1-4-28-14-8-9-15(16(13-14)29-5-2)20(24)18-19(17-7-6-12-30-17)23(10-11-27-3)22(26)21(18)25/h6-9,12-13,19,24H,4-5,10-11H2,1-3H3/b20-18-. The summed E-state index contributed by atoms with van der Waals surface area (Å²) in [5.74, 6) is -0.672. The quantitative estimate of drug-likeness (QED) is 0.371. The molecule has 8 heteroatoms. The van der Waals surface area contributed by atoms with E-state index in [1.807, 2.05) is 31.4 Å². The van der Waals surface area contributed by atoms with Gasteiger partial charge in [-0.25, -0.2) is 0 Å². The lowest BCUT2D eigenvalue weighted by Crippen LogP contribution is -2.32. The van der Waals surface area contributed by atoms with Gasteiger partial charge >= 0.3 is 0 Å². The van der Waals surface area contributed by atoms with Gasteiger partial charge in [0.15, 0.2) is 0 Å². The monoisotopic (exact) mass is 431 g/mol. The molecule has 1 aliphatic heterocycles. The van der Waals surface area contributed by atoms with Gasteiger partial charge in [-0.3, -0.25) is 9.59 Å². The molecule has 160 valence electrons. The van der Waals surface area contributed by atoms with Crippen LogP contribution >= 0.6 is 11.3 Å². The molecule has 1 amide bonds. The van der Waals surface area contributed by atoms with Gasteiger partial charge in [-0.15, -0.1) is 11.3 Å². The van der Waals surface area contributed by atoms with Gasteiger partial charge in [-0.05, 0) is 37.4 Å². The smallest absolute Gasteiger partial charge is 0.295 e. The molecule has 0 aliphatic carbocycles. The first-order valence-corrected chi connectivity index (χ1v) is 10.6. The SMILES string of the molecule is CCOc1ccc(/C(O)=C2/C(=O)C(=O)N(CCOC)C2c2cccs2)c(OCC)c1. The van der Waals surface area contributed by atoms with Crippen LogP contribution in [-0.2, 0) is 14.3 Å². The third-order valence-electron chi connectivity index (χ3n) is 4.71. The summed E-state index contributed by atoms with van der Waals surface area (Å²) >= 11 is 1.42. The summed E-state index contributed by atoms with van der Waals surface area (Å²) in [4.78, 5) is 27.9. The van der Waals surface area contributed by atoms with E-state index in [9.17, 15) is 14.7 Å². The highest BCUT2D eigenvalue weighted by molar-refractivity contribution is 7.10. The van der Waals surface area contributed by atoms with Crippen LogP contribution in [0, 0.1) is 0 Å². The Balaban J connectivity index is 2.14. The van der Waals surface area contributed by atoms with Crippen molar-refractivity contribution in [2.24, 2.45) is 0 Å². The maximum absolute atomic E-state index is 12.9. The minimum Gasteiger partial charge on any atom is -0.507 e. The van der Waals surface area contributed by atoms with Crippen molar-refractivity contribution in [3.63, 3.8) is 0 Å². The maximum atomic E-state index is 12.9. The molecule has 0 radical (unpaired) electrons. The number of likely N-dealkylation sites (tertiary alicyclic amines) is 1. The highest BCUT2D eigenvalue weighted by atomic mass is 32.1. The zero-order chi connectivity index (χ0) is 21.7. The molecule has 1 aromatic heterocycles. The van der Waals surface area contributed by atoms with E-state index in [1.54, 1.807) is 18.2 Å². The van der Waals surface area contributed by atoms with Crippen molar-refractivity contribution < 1.29 is 28.9 Å². The van der Waals surface area contributed by atoms with Crippen LogP contribution in [0.2, 0.25) is 0 Å². The molecule has 0 spiro atoms. The van der Waals surface area contributed by atoms with Gasteiger partial charge in [0.25, 0.3) is 11.7 Å². The lowest BCUT2D eigenvalue weighted by molar-refractivity contribution is -0.140. The van der Waals surface area contributed by atoms with E-state index in [0.29, 0.717) is 30.3 Å². The number of aliphatic hydroxyl groups excluding tert-OH is 1. The summed E-state index contributed by atoms with van der Waals surface area (Å²) in [5.41, 5.74) is 0.385. The highest BCUT2D eigenvalue weighted by Crippen LogP contribution is 2.42. The molecule has 0 saturated carbocycles. The number of methoxy groups -OCH3 is 1. The number of ketones is 1. The van der Waals surface area contributed by atoms with E-state index in [1.165, 1.54) is 23.3 Å². The summed E-state index contributed by atoms with van der Waals surface area (Å²) in [6.07, 6.45) is 0. The Labute approximate surface area is 179 Å². The number of benzene rings is 1. The maximum Gasteiger partial charge on any atom is 0.295 e. The number of ether oxygens (including phenoxy) is 3. The first kappa shape index (κ1) is 21.9. The van der Waals surface area contributed by atoms with Crippen molar-refractivity contribution in [1.82, 2.24) is 4.90 Å². The fourth-order valence-electron chi connectivity index (χ4n) is 3.42. The molecule has 1 saturated heterocycles. The van der Waals surface area contributed by atoms with Gasteiger partial charge in [0.05, 0.1) is 37.0 Å². The summed E-state index contributed by atoms with van der Waals surface area (Å²) in [7, 11) is 1.53. The van der Waals surface area contributed by atoms with Crippen LogP contribution in [0.5, 0.6) is 11.5 Å². The summed E-state index contributed by atoms with van der Waals surface area (Å²) in [5, 5.41) is 13.1. The van der Waals surface area contributed by atoms with Crippen molar-refractivity contribution >= 4 is 28.8 Å². The third-order valence-corrected chi connectivity index (χ3v) is 5.63. The molecule has 30 heavy (non-hydrogen) atoms. The second kappa shape index (κ2) is 9.77. The third kappa shape index (κ3) is 4.20. The Morgan fingerprint density at radius 3 is 2.57 bits per heavy atom. The van der Waals surface area contributed by atoms with Crippen molar-refractivity contribution in [2.45, 2.75) is 19.9 Å². The van der Waals surface area contributed by atoms with Crippen molar-refractivity contribution in [3.05, 3.63) is 51.7 Å². The first-order valence-electron chi connectivity index (χ1n) is 9.74. The van der Waals surface area contributed by atoms with E-state index in [4.69, 9.17) is 14.2 Å². The molecule has 1 N–H and O–H groups in total.